The van der Waals surface area contributed by atoms with Gasteiger partial charge in [0.25, 0.3) is 0 Å². The number of carbonyl (C=O) groups excluding carboxylic acids is 1. The molecule has 0 saturated carbocycles. The van der Waals surface area contributed by atoms with Gasteiger partial charge in [-0.2, -0.15) is 5.10 Å². The Morgan fingerprint density at radius 2 is 1.89 bits per heavy atom. The van der Waals surface area contributed by atoms with Gasteiger partial charge in [0, 0.05) is 16.8 Å². The first-order valence-corrected chi connectivity index (χ1v) is 6.15. The topological polar surface area (TPSA) is 86.3 Å². The zero-order valence-corrected chi connectivity index (χ0v) is 12.1. The maximum absolute atomic E-state index is 12.3. The van der Waals surface area contributed by atoms with Gasteiger partial charge in [-0.15, -0.1) is 0 Å². The van der Waals surface area contributed by atoms with E-state index >= 15 is 0 Å². The van der Waals surface area contributed by atoms with E-state index in [0.717, 1.165) is 17.0 Å². The number of aromatic nitrogens is 2. The molecule has 0 unspecified atom stereocenters. The maximum Gasteiger partial charge on any atom is 0.323 e. The lowest BCUT2D eigenvalue weighted by atomic mass is 10.0. The van der Waals surface area contributed by atoms with E-state index in [9.17, 15) is 9.59 Å². The van der Waals surface area contributed by atoms with Crippen molar-refractivity contribution >= 4 is 11.9 Å². The number of carboxylic acids is 1. The molecule has 1 rings (SSSR count). The van der Waals surface area contributed by atoms with E-state index in [1.54, 1.807) is 0 Å². The SMILES string of the molecule is Cc1n[nH]c(C)c1CC(=O)N(CC(=O)O)C(C)(C)C. The van der Waals surface area contributed by atoms with Crippen LogP contribution in [0.2, 0.25) is 0 Å². The molecule has 1 heterocycles. The van der Waals surface area contributed by atoms with Crippen molar-refractivity contribution in [3.05, 3.63) is 17.0 Å². The summed E-state index contributed by atoms with van der Waals surface area (Å²) in [7, 11) is 0. The van der Waals surface area contributed by atoms with Crippen LogP contribution in [0, 0.1) is 13.8 Å². The number of hydrogen-bond acceptors (Lipinski definition) is 3. The lowest BCUT2D eigenvalue weighted by Gasteiger charge is -2.34. The third-order valence-corrected chi connectivity index (χ3v) is 3.01. The number of carbonyl (C=O) groups is 2. The van der Waals surface area contributed by atoms with Crippen molar-refractivity contribution in [2.45, 2.75) is 46.6 Å². The van der Waals surface area contributed by atoms with Gasteiger partial charge < -0.3 is 10.0 Å². The molecule has 0 saturated heterocycles. The molecule has 0 radical (unpaired) electrons. The van der Waals surface area contributed by atoms with Crippen LogP contribution in [0.3, 0.4) is 0 Å². The summed E-state index contributed by atoms with van der Waals surface area (Å²) in [4.78, 5) is 24.6. The Morgan fingerprint density at radius 3 is 2.26 bits per heavy atom. The Labute approximate surface area is 112 Å². The Morgan fingerprint density at radius 1 is 1.32 bits per heavy atom. The summed E-state index contributed by atoms with van der Waals surface area (Å²) < 4.78 is 0. The first-order valence-electron chi connectivity index (χ1n) is 6.15. The van der Waals surface area contributed by atoms with E-state index in [2.05, 4.69) is 10.2 Å². The molecule has 0 bridgehead atoms. The minimum Gasteiger partial charge on any atom is -0.480 e. The van der Waals surface area contributed by atoms with Gasteiger partial charge in [-0.25, -0.2) is 0 Å². The van der Waals surface area contributed by atoms with E-state index in [0.29, 0.717) is 0 Å². The molecule has 19 heavy (non-hydrogen) atoms. The summed E-state index contributed by atoms with van der Waals surface area (Å²) in [6.45, 7) is 8.85. The Hall–Kier alpha value is -1.85. The molecular formula is C13H21N3O3. The highest BCUT2D eigenvalue weighted by molar-refractivity contribution is 5.84. The number of rotatable bonds is 4. The number of amides is 1. The van der Waals surface area contributed by atoms with Crippen molar-refractivity contribution in [3.8, 4) is 0 Å². The van der Waals surface area contributed by atoms with Crippen molar-refractivity contribution < 1.29 is 14.7 Å². The molecule has 0 aliphatic rings. The van der Waals surface area contributed by atoms with E-state index in [1.165, 1.54) is 4.90 Å². The Bertz CT molecular complexity index is 466. The smallest absolute Gasteiger partial charge is 0.323 e. The molecule has 2 N–H and O–H groups in total. The molecule has 106 valence electrons. The van der Waals surface area contributed by atoms with Gasteiger partial charge in [0.2, 0.25) is 5.91 Å². The monoisotopic (exact) mass is 267 g/mol. The van der Waals surface area contributed by atoms with Crippen LogP contribution in [-0.4, -0.2) is 44.2 Å². The second kappa shape index (κ2) is 5.42. The zero-order chi connectivity index (χ0) is 14.8. The third-order valence-electron chi connectivity index (χ3n) is 3.01. The maximum atomic E-state index is 12.3. The van der Waals surface area contributed by atoms with Crippen molar-refractivity contribution in [1.82, 2.24) is 15.1 Å². The number of aliphatic carboxylic acids is 1. The van der Waals surface area contributed by atoms with Crippen molar-refractivity contribution in [3.63, 3.8) is 0 Å². The highest BCUT2D eigenvalue weighted by Crippen LogP contribution is 2.17. The van der Waals surface area contributed by atoms with Crippen LogP contribution >= 0.6 is 0 Å². The number of aromatic amines is 1. The summed E-state index contributed by atoms with van der Waals surface area (Å²) in [5.74, 6) is -1.22. The van der Waals surface area contributed by atoms with E-state index in [1.807, 2.05) is 34.6 Å². The summed E-state index contributed by atoms with van der Waals surface area (Å²) in [6.07, 6.45) is 0.165. The summed E-state index contributed by atoms with van der Waals surface area (Å²) in [5, 5.41) is 15.8. The summed E-state index contributed by atoms with van der Waals surface area (Å²) in [5.41, 5.74) is 1.93. The third kappa shape index (κ3) is 3.81. The second-order valence-electron chi connectivity index (χ2n) is 5.63. The molecule has 1 aromatic rings. The normalized spacial score (nSPS) is 11.4. The van der Waals surface area contributed by atoms with E-state index in [-0.39, 0.29) is 18.9 Å². The first-order chi connectivity index (χ1) is 8.62. The number of nitrogens with zero attached hydrogens (tertiary/aromatic N) is 2. The van der Waals surface area contributed by atoms with Crippen molar-refractivity contribution in [2.24, 2.45) is 0 Å². The van der Waals surface area contributed by atoms with Gasteiger partial charge in [0.15, 0.2) is 0 Å². The van der Waals surface area contributed by atoms with Gasteiger partial charge in [-0.3, -0.25) is 14.7 Å². The van der Waals surface area contributed by atoms with Crippen LogP contribution < -0.4 is 0 Å². The van der Waals surface area contributed by atoms with Gasteiger partial charge in [0.05, 0.1) is 12.1 Å². The number of hydrogen-bond donors (Lipinski definition) is 2. The van der Waals surface area contributed by atoms with Gasteiger partial charge in [-0.1, -0.05) is 0 Å². The Balaban J connectivity index is 2.92. The molecule has 0 atom stereocenters. The first kappa shape index (κ1) is 15.2. The standard InChI is InChI=1S/C13H21N3O3/c1-8-10(9(2)15-14-8)6-11(17)16(7-12(18)19)13(3,4)5/h6-7H2,1-5H3,(H,14,15)(H,18,19). The fourth-order valence-corrected chi connectivity index (χ4v) is 1.92. The van der Waals surface area contributed by atoms with Crippen molar-refractivity contribution in [1.29, 1.82) is 0 Å². The number of carboxylic acid groups (broad SMARTS) is 1. The van der Waals surface area contributed by atoms with Gasteiger partial charge >= 0.3 is 5.97 Å². The average Bonchev–Trinajstić information content (AvgIpc) is 2.55. The molecule has 1 amide bonds. The molecule has 0 fully saturated rings. The molecule has 1 aromatic heterocycles. The predicted molar refractivity (Wildman–Crippen MR) is 70.9 cm³/mol. The second-order valence-corrected chi connectivity index (χ2v) is 5.63. The predicted octanol–water partition coefficient (Wildman–Crippen LogP) is 1.28. The highest BCUT2D eigenvalue weighted by atomic mass is 16.4. The van der Waals surface area contributed by atoms with Crippen LogP contribution in [0.1, 0.15) is 37.7 Å². The van der Waals surface area contributed by atoms with Crippen LogP contribution in [0.5, 0.6) is 0 Å². The van der Waals surface area contributed by atoms with Crippen LogP contribution in [0.4, 0.5) is 0 Å². The molecule has 0 spiro atoms. The number of nitrogens with one attached hydrogen (secondary N) is 1. The van der Waals surface area contributed by atoms with Crippen molar-refractivity contribution in [2.75, 3.05) is 6.54 Å². The average molecular weight is 267 g/mol. The zero-order valence-electron chi connectivity index (χ0n) is 12.1. The number of H-pyrrole nitrogens is 1. The highest BCUT2D eigenvalue weighted by Gasteiger charge is 2.29. The van der Waals surface area contributed by atoms with Crippen LogP contribution in [0.15, 0.2) is 0 Å². The number of aryl methyl sites for hydroxylation is 2. The molecule has 6 nitrogen and oxygen atoms in total. The lowest BCUT2D eigenvalue weighted by Crippen LogP contribution is -2.48. The molecule has 0 aliphatic heterocycles. The summed E-state index contributed by atoms with van der Waals surface area (Å²) in [6, 6.07) is 0. The largest absolute Gasteiger partial charge is 0.480 e. The van der Waals surface area contributed by atoms with Crippen LogP contribution in [0.25, 0.3) is 0 Å². The molecule has 6 heteroatoms. The lowest BCUT2D eigenvalue weighted by molar-refractivity contribution is -0.147. The minimum absolute atomic E-state index is 0.165. The van der Waals surface area contributed by atoms with E-state index in [4.69, 9.17) is 5.11 Å². The minimum atomic E-state index is -1.01. The van der Waals surface area contributed by atoms with E-state index < -0.39 is 11.5 Å². The molecule has 0 aliphatic carbocycles. The van der Waals surface area contributed by atoms with Gasteiger partial charge in [0.1, 0.15) is 6.54 Å². The van der Waals surface area contributed by atoms with Crippen LogP contribution in [-0.2, 0) is 16.0 Å². The summed E-state index contributed by atoms with van der Waals surface area (Å²) >= 11 is 0. The quantitative estimate of drug-likeness (QED) is 0.860. The molecule has 0 aromatic carbocycles. The Kier molecular flexibility index (Phi) is 4.34. The fraction of sp³-hybridized carbons (Fsp3) is 0.615. The van der Waals surface area contributed by atoms with Gasteiger partial charge in [-0.05, 0) is 34.6 Å². The molecular weight excluding hydrogens is 246 g/mol. The fourth-order valence-electron chi connectivity index (χ4n) is 1.92.